The number of nitrogens with one attached hydrogen (secondary N) is 1. The van der Waals surface area contributed by atoms with E-state index in [1.54, 1.807) is 13.0 Å². The van der Waals surface area contributed by atoms with Crippen LogP contribution in [-0.4, -0.2) is 18.0 Å². The molecule has 0 saturated heterocycles. The first kappa shape index (κ1) is 12.8. The molecule has 2 atom stereocenters. The van der Waals surface area contributed by atoms with Gasteiger partial charge >= 0.3 is 0 Å². The molecule has 98 valence electrons. The van der Waals surface area contributed by atoms with Crippen LogP contribution < -0.4 is 16.8 Å². The molecule has 2 rings (SSSR count). The lowest BCUT2D eigenvalue weighted by atomic mass is 10.1. The van der Waals surface area contributed by atoms with Crippen molar-refractivity contribution < 1.29 is 9.18 Å². The Balaban J connectivity index is 2.23. The van der Waals surface area contributed by atoms with E-state index in [0.717, 1.165) is 19.3 Å². The summed E-state index contributed by atoms with van der Waals surface area (Å²) in [6.07, 6.45) is 2.79. The van der Waals surface area contributed by atoms with Crippen molar-refractivity contribution in [3.05, 3.63) is 29.1 Å². The topological polar surface area (TPSA) is 81.1 Å². The van der Waals surface area contributed by atoms with Gasteiger partial charge in [0.25, 0.3) is 0 Å². The molecule has 1 aromatic carbocycles. The number of benzene rings is 1. The van der Waals surface area contributed by atoms with Gasteiger partial charge in [-0.2, -0.15) is 0 Å². The first-order chi connectivity index (χ1) is 8.47. The van der Waals surface area contributed by atoms with E-state index in [0.29, 0.717) is 11.3 Å². The van der Waals surface area contributed by atoms with Gasteiger partial charge < -0.3 is 16.8 Å². The minimum absolute atomic E-state index is 0.183. The Kier molecular flexibility index (Phi) is 3.52. The van der Waals surface area contributed by atoms with E-state index in [4.69, 9.17) is 11.5 Å². The maximum Gasteiger partial charge on any atom is 0.248 e. The van der Waals surface area contributed by atoms with Crippen LogP contribution in [0.1, 0.15) is 35.2 Å². The van der Waals surface area contributed by atoms with Crippen LogP contribution in [0.5, 0.6) is 0 Å². The number of carbonyl (C=O) groups is 1. The molecule has 0 spiro atoms. The van der Waals surface area contributed by atoms with Gasteiger partial charge in [-0.25, -0.2) is 4.39 Å². The molecule has 4 nitrogen and oxygen atoms in total. The van der Waals surface area contributed by atoms with Gasteiger partial charge in [0.1, 0.15) is 5.82 Å². The summed E-state index contributed by atoms with van der Waals surface area (Å²) in [6.45, 7) is 1.68. The fourth-order valence-corrected chi connectivity index (χ4v) is 2.34. The first-order valence-corrected chi connectivity index (χ1v) is 6.09. The van der Waals surface area contributed by atoms with E-state index in [9.17, 15) is 9.18 Å². The van der Waals surface area contributed by atoms with E-state index in [1.807, 2.05) is 0 Å². The van der Waals surface area contributed by atoms with E-state index >= 15 is 0 Å². The Bertz CT molecular complexity index is 476. The molecule has 0 radical (unpaired) electrons. The van der Waals surface area contributed by atoms with Gasteiger partial charge in [0.05, 0.1) is 0 Å². The Morgan fingerprint density at radius 2 is 2.17 bits per heavy atom. The molecule has 1 aliphatic carbocycles. The van der Waals surface area contributed by atoms with Crippen molar-refractivity contribution in [2.75, 3.05) is 5.32 Å². The molecule has 0 heterocycles. The molecule has 0 aromatic heterocycles. The summed E-state index contributed by atoms with van der Waals surface area (Å²) >= 11 is 0. The summed E-state index contributed by atoms with van der Waals surface area (Å²) in [6, 6.07) is 3.21. The number of anilines is 1. The zero-order chi connectivity index (χ0) is 13.3. The average Bonchev–Trinajstić information content (AvgIpc) is 2.70. The second-order valence-electron chi connectivity index (χ2n) is 4.91. The van der Waals surface area contributed by atoms with E-state index in [1.165, 1.54) is 6.07 Å². The lowest BCUT2D eigenvalue weighted by Gasteiger charge is -2.17. The maximum absolute atomic E-state index is 13.7. The molecular formula is C13H18FN3O. The standard InChI is InChI=1S/C13H18FN3O/c1-7-11(14)4-8(13(16)18)5-12(7)17-10-3-2-9(15)6-10/h4-5,9-10,17H,2-3,6,15H2,1H3,(H2,16,18). The Morgan fingerprint density at radius 3 is 2.72 bits per heavy atom. The highest BCUT2D eigenvalue weighted by Gasteiger charge is 2.22. The molecule has 2 unspecified atom stereocenters. The molecule has 1 saturated carbocycles. The summed E-state index contributed by atoms with van der Waals surface area (Å²) in [5, 5.41) is 3.25. The predicted molar refractivity (Wildman–Crippen MR) is 68.9 cm³/mol. The second kappa shape index (κ2) is 4.94. The van der Waals surface area contributed by atoms with Gasteiger partial charge in [0.2, 0.25) is 5.91 Å². The minimum Gasteiger partial charge on any atom is -0.382 e. The third-order valence-electron chi connectivity index (χ3n) is 3.46. The van der Waals surface area contributed by atoms with Gasteiger partial charge in [-0.15, -0.1) is 0 Å². The van der Waals surface area contributed by atoms with Crippen LogP contribution in [0.4, 0.5) is 10.1 Å². The fraction of sp³-hybridized carbons (Fsp3) is 0.462. The second-order valence-corrected chi connectivity index (χ2v) is 4.91. The summed E-state index contributed by atoms with van der Waals surface area (Å²) in [5.41, 5.74) is 12.3. The van der Waals surface area contributed by atoms with Crippen LogP contribution in [-0.2, 0) is 0 Å². The van der Waals surface area contributed by atoms with Crippen LogP contribution in [0, 0.1) is 12.7 Å². The quantitative estimate of drug-likeness (QED) is 0.762. The molecule has 1 aromatic rings. The predicted octanol–water partition coefficient (Wildman–Crippen LogP) is 1.52. The van der Waals surface area contributed by atoms with Crippen LogP contribution in [0.15, 0.2) is 12.1 Å². The van der Waals surface area contributed by atoms with Crippen molar-refractivity contribution in [2.24, 2.45) is 11.5 Å². The van der Waals surface area contributed by atoms with Crippen molar-refractivity contribution >= 4 is 11.6 Å². The lowest BCUT2D eigenvalue weighted by molar-refractivity contribution is 0.1000. The van der Waals surface area contributed by atoms with Crippen molar-refractivity contribution in [2.45, 2.75) is 38.3 Å². The lowest BCUT2D eigenvalue weighted by Crippen LogP contribution is -2.22. The van der Waals surface area contributed by atoms with Gasteiger partial charge in [-0.05, 0) is 38.3 Å². The average molecular weight is 251 g/mol. The highest BCUT2D eigenvalue weighted by molar-refractivity contribution is 5.94. The van der Waals surface area contributed by atoms with Crippen LogP contribution >= 0.6 is 0 Å². The van der Waals surface area contributed by atoms with Crippen molar-refractivity contribution in [3.63, 3.8) is 0 Å². The fourth-order valence-electron chi connectivity index (χ4n) is 2.34. The molecule has 0 bridgehead atoms. The van der Waals surface area contributed by atoms with Crippen molar-refractivity contribution in [3.8, 4) is 0 Å². The first-order valence-electron chi connectivity index (χ1n) is 6.09. The molecule has 1 aliphatic rings. The van der Waals surface area contributed by atoms with Crippen molar-refractivity contribution in [1.82, 2.24) is 0 Å². The van der Waals surface area contributed by atoms with Gasteiger partial charge in [-0.1, -0.05) is 0 Å². The number of hydrogen-bond donors (Lipinski definition) is 3. The zero-order valence-electron chi connectivity index (χ0n) is 10.4. The number of primary amides is 1. The molecular weight excluding hydrogens is 233 g/mol. The highest BCUT2D eigenvalue weighted by atomic mass is 19.1. The van der Waals surface area contributed by atoms with Crippen LogP contribution in [0.3, 0.4) is 0 Å². The SMILES string of the molecule is Cc1c(F)cc(C(N)=O)cc1NC1CCC(N)C1. The largest absolute Gasteiger partial charge is 0.382 e. The monoisotopic (exact) mass is 251 g/mol. The molecule has 5 heteroatoms. The number of rotatable bonds is 3. The Morgan fingerprint density at radius 1 is 1.44 bits per heavy atom. The highest BCUT2D eigenvalue weighted by Crippen LogP contribution is 2.26. The number of hydrogen-bond acceptors (Lipinski definition) is 3. The summed E-state index contributed by atoms with van der Waals surface area (Å²) in [4.78, 5) is 11.1. The van der Waals surface area contributed by atoms with E-state index in [-0.39, 0.29) is 17.6 Å². The van der Waals surface area contributed by atoms with Crippen molar-refractivity contribution in [1.29, 1.82) is 0 Å². The number of halogens is 1. The number of amides is 1. The summed E-state index contributed by atoms with van der Waals surface area (Å²) in [7, 11) is 0. The molecule has 18 heavy (non-hydrogen) atoms. The van der Waals surface area contributed by atoms with E-state index in [2.05, 4.69) is 5.32 Å². The third kappa shape index (κ3) is 2.61. The van der Waals surface area contributed by atoms with E-state index < -0.39 is 11.7 Å². The normalized spacial score (nSPS) is 23.1. The summed E-state index contributed by atoms with van der Waals surface area (Å²) < 4.78 is 13.7. The van der Waals surface area contributed by atoms with Crippen LogP contribution in [0.25, 0.3) is 0 Å². The maximum atomic E-state index is 13.7. The van der Waals surface area contributed by atoms with Gasteiger partial charge in [0.15, 0.2) is 0 Å². The van der Waals surface area contributed by atoms with Crippen LogP contribution in [0.2, 0.25) is 0 Å². The third-order valence-corrected chi connectivity index (χ3v) is 3.46. The summed E-state index contributed by atoms with van der Waals surface area (Å²) in [5.74, 6) is -1.05. The van der Waals surface area contributed by atoms with Gasteiger partial charge in [-0.3, -0.25) is 4.79 Å². The molecule has 1 fully saturated rings. The molecule has 5 N–H and O–H groups in total. The zero-order valence-corrected chi connectivity index (χ0v) is 10.4. The number of carbonyl (C=O) groups excluding carboxylic acids is 1. The molecule has 0 aliphatic heterocycles. The van der Waals surface area contributed by atoms with Gasteiger partial charge in [0, 0.05) is 28.9 Å². The molecule has 1 amide bonds. The Hall–Kier alpha value is -1.62. The Labute approximate surface area is 106 Å². The minimum atomic E-state index is -0.625. The number of nitrogens with two attached hydrogens (primary N) is 2. The smallest absolute Gasteiger partial charge is 0.248 e.